The van der Waals surface area contributed by atoms with Gasteiger partial charge in [0.25, 0.3) is 0 Å². The molecule has 2 aromatic rings. The van der Waals surface area contributed by atoms with Crippen molar-refractivity contribution >= 4 is 10.9 Å². The highest BCUT2D eigenvalue weighted by Crippen LogP contribution is 2.20. The van der Waals surface area contributed by atoms with Gasteiger partial charge in [0.05, 0.1) is 0 Å². The maximum atomic E-state index is 12.8. The van der Waals surface area contributed by atoms with Crippen LogP contribution in [0.3, 0.4) is 0 Å². The number of hydrogen-bond acceptors (Lipinski definition) is 1. The molecule has 2 nitrogen and oxygen atoms in total. The summed E-state index contributed by atoms with van der Waals surface area (Å²) in [5.74, 6) is -0.229. The lowest BCUT2D eigenvalue weighted by molar-refractivity contribution is 0.289. The van der Waals surface area contributed by atoms with E-state index in [-0.39, 0.29) is 12.4 Å². The van der Waals surface area contributed by atoms with Gasteiger partial charge in [-0.05, 0) is 36.6 Å². The van der Waals surface area contributed by atoms with Crippen LogP contribution < -0.4 is 0 Å². The van der Waals surface area contributed by atoms with Gasteiger partial charge in [0.2, 0.25) is 0 Å². The number of H-pyrrole nitrogens is 1. The van der Waals surface area contributed by atoms with Gasteiger partial charge in [0.1, 0.15) is 5.82 Å². The standard InChI is InChI=1S/C11H12FNO/c12-9-3-4-10-8(2-1-5-14)7-13-11(10)6-9/h3-4,6-7,13-14H,1-2,5H2. The molecule has 0 atom stereocenters. The predicted molar refractivity (Wildman–Crippen MR) is 53.7 cm³/mol. The molecule has 0 aliphatic carbocycles. The Morgan fingerprint density at radius 2 is 2.21 bits per heavy atom. The van der Waals surface area contributed by atoms with Gasteiger partial charge < -0.3 is 10.1 Å². The zero-order valence-electron chi connectivity index (χ0n) is 7.76. The van der Waals surface area contributed by atoms with Gasteiger partial charge in [-0.2, -0.15) is 0 Å². The molecule has 1 heterocycles. The number of aliphatic hydroxyl groups excluding tert-OH is 1. The first-order chi connectivity index (χ1) is 6.81. The van der Waals surface area contributed by atoms with Crippen molar-refractivity contribution in [3.63, 3.8) is 0 Å². The van der Waals surface area contributed by atoms with E-state index in [1.165, 1.54) is 12.1 Å². The fraction of sp³-hybridized carbons (Fsp3) is 0.273. The van der Waals surface area contributed by atoms with E-state index in [0.717, 1.165) is 29.3 Å². The molecule has 74 valence electrons. The smallest absolute Gasteiger partial charge is 0.125 e. The van der Waals surface area contributed by atoms with Crippen LogP contribution in [0.5, 0.6) is 0 Å². The summed E-state index contributed by atoms with van der Waals surface area (Å²) in [4.78, 5) is 3.02. The van der Waals surface area contributed by atoms with Crippen LogP contribution in [0.25, 0.3) is 10.9 Å². The Morgan fingerprint density at radius 1 is 1.36 bits per heavy atom. The molecule has 0 fully saturated rings. The largest absolute Gasteiger partial charge is 0.396 e. The first kappa shape index (κ1) is 9.21. The van der Waals surface area contributed by atoms with E-state index >= 15 is 0 Å². The van der Waals surface area contributed by atoms with E-state index in [9.17, 15) is 4.39 Å². The molecular weight excluding hydrogens is 181 g/mol. The first-order valence-corrected chi connectivity index (χ1v) is 4.67. The van der Waals surface area contributed by atoms with E-state index in [1.54, 1.807) is 6.07 Å². The maximum Gasteiger partial charge on any atom is 0.125 e. The zero-order valence-corrected chi connectivity index (χ0v) is 7.76. The summed E-state index contributed by atoms with van der Waals surface area (Å²) in [5, 5.41) is 9.75. The predicted octanol–water partition coefficient (Wildman–Crippen LogP) is 2.23. The number of fused-ring (bicyclic) bond motifs is 1. The molecule has 0 unspecified atom stereocenters. The second-order valence-corrected chi connectivity index (χ2v) is 3.33. The molecule has 0 amide bonds. The normalized spacial score (nSPS) is 11.0. The summed E-state index contributed by atoms with van der Waals surface area (Å²) in [6.45, 7) is 0.188. The molecule has 0 aliphatic heterocycles. The van der Waals surface area contributed by atoms with Crippen LogP contribution in [0.4, 0.5) is 4.39 Å². The van der Waals surface area contributed by atoms with Crippen molar-refractivity contribution in [3.8, 4) is 0 Å². The average Bonchev–Trinajstić information content (AvgIpc) is 2.57. The van der Waals surface area contributed by atoms with Crippen LogP contribution in [0, 0.1) is 5.82 Å². The van der Waals surface area contributed by atoms with Crippen LogP contribution >= 0.6 is 0 Å². The Hall–Kier alpha value is -1.35. The van der Waals surface area contributed by atoms with Crippen molar-refractivity contribution in [3.05, 3.63) is 35.8 Å². The minimum absolute atomic E-state index is 0.188. The van der Waals surface area contributed by atoms with Crippen molar-refractivity contribution in [2.75, 3.05) is 6.61 Å². The van der Waals surface area contributed by atoms with Crippen molar-refractivity contribution in [1.29, 1.82) is 0 Å². The lowest BCUT2D eigenvalue weighted by atomic mass is 10.1. The lowest BCUT2D eigenvalue weighted by Crippen LogP contribution is -1.87. The van der Waals surface area contributed by atoms with Crippen LogP contribution in [-0.2, 0) is 6.42 Å². The van der Waals surface area contributed by atoms with Crippen LogP contribution in [0.1, 0.15) is 12.0 Å². The molecule has 14 heavy (non-hydrogen) atoms. The molecule has 1 aromatic carbocycles. The van der Waals surface area contributed by atoms with Gasteiger partial charge in [-0.3, -0.25) is 0 Å². The van der Waals surface area contributed by atoms with Crippen molar-refractivity contribution < 1.29 is 9.50 Å². The first-order valence-electron chi connectivity index (χ1n) is 4.67. The average molecular weight is 193 g/mol. The summed E-state index contributed by atoms with van der Waals surface area (Å²) >= 11 is 0. The number of hydrogen-bond donors (Lipinski definition) is 2. The van der Waals surface area contributed by atoms with E-state index in [4.69, 9.17) is 5.11 Å². The van der Waals surface area contributed by atoms with E-state index in [1.807, 2.05) is 6.20 Å². The van der Waals surface area contributed by atoms with Crippen LogP contribution in [0.15, 0.2) is 24.4 Å². The number of nitrogens with one attached hydrogen (secondary N) is 1. The van der Waals surface area contributed by atoms with Crippen LogP contribution in [-0.4, -0.2) is 16.7 Å². The molecule has 0 spiro atoms. The Morgan fingerprint density at radius 3 is 3.00 bits per heavy atom. The molecule has 0 radical (unpaired) electrons. The molecule has 1 aromatic heterocycles. The molecule has 0 aliphatic rings. The Bertz CT molecular complexity index is 436. The highest BCUT2D eigenvalue weighted by atomic mass is 19.1. The quantitative estimate of drug-likeness (QED) is 0.770. The molecular formula is C11H12FNO. The molecule has 0 saturated carbocycles. The Labute approximate surface area is 81.4 Å². The minimum Gasteiger partial charge on any atom is -0.396 e. The fourth-order valence-corrected chi connectivity index (χ4v) is 1.63. The lowest BCUT2D eigenvalue weighted by Gasteiger charge is -1.96. The topological polar surface area (TPSA) is 36.0 Å². The minimum atomic E-state index is -0.229. The van der Waals surface area contributed by atoms with Crippen molar-refractivity contribution in [2.45, 2.75) is 12.8 Å². The van der Waals surface area contributed by atoms with Gasteiger partial charge in [-0.25, -0.2) is 4.39 Å². The van der Waals surface area contributed by atoms with E-state index in [2.05, 4.69) is 4.98 Å². The van der Waals surface area contributed by atoms with E-state index in [0.29, 0.717) is 0 Å². The molecule has 2 rings (SSSR count). The number of aliphatic hydroxyl groups is 1. The van der Waals surface area contributed by atoms with E-state index < -0.39 is 0 Å². The summed E-state index contributed by atoms with van der Waals surface area (Å²) in [6.07, 6.45) is 3.44. The molecule has 0 saturated heterocycles. The SMILES string of the molecule is OCCCc1c[nH]c2cc(F)ccc12. The summed E-state index contributed by atoms with van der Waals surface area (Å²) in [5.41, 5.74) is 1.95. The Balaban J connectivity index is 2.37. The molecule has 3 heteroatoms. The summed E-state index contributed by atoms with van der Waals surface area (Å²) in [7, 11) is 0. The van der Waals surface area contributed by atoms with Crippen molar-refractivity contribution in [1.82, 2.24) is 4.98 Å². The second kappa shape index (κ2) is 3.80. The van der Waals surface area contributed by atoms with Gasteiger partial charge in [-0.1, -0.05) is 0 Å². The summed E-state index contributed by atoms with van der Waals surface area (Å²) < 4.78 is 12.8. The number of aryl methyl sites for hydroxylation is 1. The number of aromatic amines is 1. The zero-order chi connectivity index (χ0) is 9.97. The van der Waals surface area contributed by atoms with Gasteiger partial charge >= 0.3 is 0 Å². The highest BCUT2D eigenvalue weighted by molar-refractivity contribution is 5.83. The summed E-state index contributed by atoms with van der Waals surface area (Å²) in [6, 6.07) is 4.71. The third kappa shape index (κ3) is 1.63. The fourth-order valence-electron chi connectivity index (χ4n) is 1.63. The monoisotopic (exact) mass is 193 g/mol. The number of benzene rings is 1. The number of rotatable bonds is 3. The van der Waals surface area contributed by atoms with Crippen LogP contribution in [0.2, 0.25) is 0 Å². The molecule has 2 N–H and O–H groups in total. The van der Waals surface area contributed by atoms with Crippen molar-refractivity contribution in [2.24, 2.45) is 0 Å². The van der Waals surface area contributed by atoms with Gasteiger partial charge in [-0.15, -0.1) is 0 Å². The maximum absolute atomic E-state index is 12.8. The Kier molecular flexibility index (Phi) is 2.50. The number of halogens is 1. The third-order valence-electron chi connectivity index (χ3n) is 2.33. The highest BCUT2D eigenvalue weighted by Gasteiger charge is 2.03. The van der Waals surface area contributed by atoms with Gasteiger partial charge in [0.15, 0.2) is 0 Å². The second-order valence-electron chi connectivity index (χ2n) is 3.33. The van der Waals surface area contributed by atoms with Gasteiger partial charge in [0, 0.05) is 23.7 Å². The molecule has 0 bridgehead atoms. The third-order valence-corrected chi connectivity index (χ3v) is 2.33. The number of aromatic nitrogens is 1.